The number of carbonyl (C=O) groups excluding carboxylic acids is 2. The molecule has 2 N–H and O–H groups in total. The van der Waals surface area contributed by atoms with E-state index in [1.165, 1.54) is 0 Å². The van der Waals surface area contributed by atoms with Crippen molar-refractivity contribution in [3.8, 4) is 0 Å². The Balaban J connectivity index is 1.29. The van der Waals surface area contributed by atoms with Crippen LogP contribution in [0.4, 0.5) is 13.2 Å². The second-order valence-electron chi connectivity index (χ2n) is 13.7. The van der Waals surface area contributed by atoms with Crippen LogP contribution in [0.2, 0.25) is 0 Å². The number of ether oxygens (including phenoxy) is 2. The van der Waals surface area contributed by atoms with E-state index < -0.39 is 43.4 Å². The molecule has 0 aromatic heterocycles. The normalized spacial score (nSPS) is 41.5. The van der Waals surface area contributed by atoms with Crippen LogP contribution in [0.5, 0.6) is 0 Å². The number of hydrogen-bond acceptors (Lipinski definition) is 6. The van der Waals surface area contributed by atoms with Crippen molar-refractivity contribution in [1.29, 1.82) is 0 Å². The van der Waals surface area contributed by atoms with Crippen molar-refractivity contribution in [3.63, 3.8) is 0 Å². The summed E-state index contributed by atoms with van der Waals surface area (Å²) in [7, 11) is 0. The van der Waals surface area contributed by atoms with Crippen molar-refractivity contribution in [2.45, 2.75) is 116 Å². The van der Waals surface area contributed by atoms with E-state index in [2.05, 4.69) is 25.5 Å². The summed E-state index contributed by atoms with van der Waals surface area (Å²) in [4.78, 5) is 23.9. The minimum atomic E-state index is -3.62. The number of hydrogen-bond donors (Lipinski definition) is 2. The summed E-state index contributed by atoms with van der Waals surface area (Å²) in [5.74, 6) is -2.79. The quantitative estimate of drug-likeness (QED) is 0.363. The first-order valence-corrected chi connectivity index (χ1v) is 14.9. The maximum atomic E-state index is 13.2. The van der Waals surface area contributed by atoms with E-state index in [1.54, 1.807) is 0 Å². The molecule has 6 nitrogen and oxygen atoms in total. The van der Waals surface area contributed by atoms with Crippen LogP contribution in [0.3, 0.4) is 0 Å². The molecule has 0 heterocycles. The number of aliphatic hydroxyl groups excluding tert-OH is 2. The first-order chi connectivity index (χ1) is 18.2. The lowest BCUT2D eigenvalue weighted by atomic mass is 9.43. The molecule has 0 saturated heterocycles. The highest BCUT2D eigenvalue weighted by Gasteiger charge is 2.63. The summed E-state index contributed by atoms with van der Waals surface area (Å²) in [5.41, 5.74) is -0.0302. The van der Waals surface area contributed by atoms with Crippen LogP contribution in [0.15, 0.2) is 0 Å². The van der Waals surface area contributed by atoms with Crippen LogP contribution < -0.4 is 0 Å². The fourth-order valence-electron chi connectivity index (χ4n) is 9.27. The van der Waals surface area contributed by atoms with Crippen LogP contribution >= 0.6 is 0 Å². The van der Waals surface area contributed by atoms with Gasteiger partial charge in [0.2, 0.25) is 0 Å². The molecule has 4 saturated carbocycles. The number of rotatable bonds is 9. The number of alkyl halides is 3. The summed E-state index contributed by atoms with van der Waals surface area (Å²) in [6.07, 6.45) is 5.40. The molecule has 0 spiro atoms. The Labute approximate surface area is 230 Å². The first-order valence-electron chi connectivity index (χ1n) is 14.9. The molecule has 0 amide bonds. The molecule has 0 aromatic carbocycles. The van der Waals surface area contributed by atoms with Crippen LogP contribution in [0.25, 0.3) is 0 Å². The number of halogens is 3. The van der Waals surface area contributed by atoms with E-state index in [-0.39, 0.29) is 35.2 Å². The fraction of sp³-hybridized carbons (Fsp3) is 0.933. The van der Waals surface area contributed by atoms with Crippen molar-refractivity contribution in [3.05, 3.63) is 0 Å². The minimum Gasteiger partial charge on any atom is -0.460 e. The molecule has 0 aromatic rings. The zero-order chi connectivity index (χ0) is 28.8. The molecule has 1 unspecified atom stereocenters. The van der Waals surface area contributed by atoms with Gasteiger partial charge >= 0.3 is 11.9 Å². The number of esters is 2. The fourth-order valence-corrected chi connectivity index (χ4v) is 9.27. The minimum absolute atomic E-state index is 0.0920. The van der Waals surface area contributed by atoms with Crippen molar-refractivity contribution in [2.75, 3.05) is 13.2 Å². The Kier molecular flexibility index (Phi) is 9.02. The monoisotopic (exact) mass is 560 g/mol. The van der Waals surface area contributed by atoms with E-state index in [0.29, 0.717) is 37.0 Å². The Bertz CT molecular complexity index is 894. The molecule has 11 atom stereocenters. The summed E-state index contributed by atoms with van der Waals surface area (Å²) in [6, 6.07) is 0. The van der Waals surface area contributed by atoms with Gasteiger partial charge in [-0.1, -0.05) is 20.8 Å². The highest BCUT2D eigenvalue weighted by Crippen LogP contribution is 2.68. The van der Waals surface area contributed by atoms with Crippen molar-refractivity contribution in [1.82, 2.24) is 0 Å². The molecule has 9 heteroatoms. The van der Waals surface area contributed by atoms with E-state index in [1.807, 2.05) is 0 Å². The largest absolute Gasteiger partial charge is 0.460 e. The summed E-state index contributed by atoms with van der Waals surface area (Å²) in [5, 5.41) is 21.9. The average molecular weight is 561 g/mol. The lowest BCUT2D eigenvalue weighted by Gasteiger charge is -2.62. The summed E-state index contributed by atoms with van der Waals surface area (Å²) >= 11 is 0. The van der Waals surface area contributed by atoms with Crippen molar-refractivity contribution < 1.29 is 42.4 Å². The van der Waals surface area contributed by atoms with Gasteiger partial charge < -0.3 is 19.7 Å². The molecule has 0 radical (unpaired) electrons. The van der Waals surface area contributed by atoms with Gasteiger partial charge in [-0.05, 0) is 104 Å². The van der Waals surface area contributed by atoms with E-state index in [4.69, 9.17) is 4.74 Å². The van der Waals surface area contributed by atoms with E-state index in [9.17, 15) is 33.0 Å². The molecule has 0 bridgehead atoms. The highest BCUT2D eigenvalue weighted by atomic mass is 19.3. The SMILES string of the molecule is C[C@H](CCC(=O)OCC(=O)OCC(F)C(C)(F)F)[C@H]1CC[C@H]2[C@@H]3CC[C@@H]4C[C@H](O)CC[C@]4(C)[C@H]3C[C@H](O)[C@]12C. The van der Waals surface area contributed by atoms with Gasteiger partial charge in [-0.25, -0.2) is 18.0 Å². The van der Waals surface area contributed by atoms with Gasteiger partial charge in [0.15, 0.2) is 12.8 Å². The lowest BCUT2D eigenvalue weighted by molar-refractivity contribution is -0.175. The third kappa shape index (κ3) is 6.00. The Morgan fingerprint density at radius 1 is 1.00 bits per heavy atom. The maximum Gasteiger partial charge on any atom is 0.344 e. The molecule has 0 aliphatic heterocycles. The van der Waals surface area contributed by atoms with Crippen LogP contribution in [0, 0.1) is 46.3 Å². The predicted octanol–water partition coefficient (Wildman–Crippen LogP) is 5.47. The molecule has 4 rings (SSSR count). The standard InChI is InChI=1S/C30H47F3O6/c1-17(5-10-26(36)39-16-27(37)38-15-24(31)30(4,32)33)21-8-9-22-20-7-6-18-13-19(34)11-12-28(18,2)23(20)14-25(35)29(21,22)3/h17-25,34-35H,5-16H2,1-4H3/t17-,18-,19-,20+,21-,22+,23+,24?,25+,28+,29-/m1/s1. The molecular weight excluding hydrogens is 513 g/mol. The Morgan fingerprint density at radius 2 is 1.72 bits per heavy atom. The molecule has 4 fully saturated rings. The molecule has 39 heavy (non-hydrogen) atoms. The topological polar surface area (TPSA) is 93.1 Å². The second-order valence-corrected chi connectivity index (χ2v) is 13.7. The van der Waals surface area contributed by atoms with Crippen molar-refractivity contribution >= 4 is 11.9 Å². The highest BCUT2D eigenvalue weighted by molar-refractivity contribution is 5.76. The van der Waals surface area contributed by atoms with E-state index >= 15 is 0 Å². The zero-order valence-electron chi connectivity index (χ0n) is 23.8. The van der Waals surface area contributed by atoms with Gasteiger partial charge in [0, 0.05) is 13.3 Å². The number of aliphatic hydroxyl groups is 2. The van der Waals surface area contributed by atoms with Gasteiger partial charge in [-0.2, -0.15) is 0 Å². The predicted molar refractivity (Wildman–Crippen MR) is 138 cm³/mol. The van der Waals surface area contributed by atoms with Gasteiger partial charge in [0.05, 0.1) is 12.2 Å². The average Bonchev–Trinajstić information content (AvgIpc) is 3.23. The number of fused-ring (bicyclic) bond motifs is 5. The second kappa shape index (κ2) is 11.5. The smallest absolute Gasteiger partial charge is 0.344 e. The van der Waals surface area contributed by atoms with Crippen LogP contribution in [-0.4, -0.2) is 59.7 Å². The third-order valence-electron chi connectivity index (χ3n) is 11.6. The van der Waals surface area contributed by atoms with Crippen LogP contribution in [0.1, 0.15) is 91.9 Å². The van der Waals surface area contributed by atoms with Gasteiger partial charge in [0.25, 0.3) is 5.92 Å². The first kappa shape index (κ1) is 30.6. The van der Waals surface area contributed by atoms with Gasteiger partial charge in [-0.3, -0.25) is 4.79 Å². The third-order valence-corrected chi connectivity index (χ3v) is 11.6. The Hall–Kier alpha value is -1.35. The summed E-state index contributed by atoms with van der Waals surface area (Å²) < 4.78 is 48.3. The Morgan fingerprint density at radius 3 is 2.41 bits per heavy atom. The molecular formula is C30H47F3O6. The molecule has 4 aliphatic carbocycles. The lowest BCUT2D eigenvalue weighted by Crippen LogP contribution is -2.58. The zero-order valence-corrected chi connectivity index (χ0v) is 23.8. The maximum absolute atomic E-state index is 13.2. The van der Waals surface area contributed by atoms with Gasteiger partial charge in [0.1, 0.15) is 6.61 Å². The van der Waals surface area contributed by atoms with Crippen molar-refractivity contribution in [2.24, 2.45) is 46.3 Å². The summed E-state index contributed by atoms with van der Waals surface area (Å²) in [6.45, 7) is 5.34. The van der Waals surface area contributed by atoms with Gasteiger partial charge in [-0.15, -0.1) is 0 Å². The molecule has 4 aliphatic rings. The number of carbonyl (C=O) groups is 2. The van der Waals surface area contributed by atoms with E-state index in [0.717, 1.165) is 51.4 Å². The van der Waals surface area contributed by atoms with Crippen LogP contribution in [-0.2, 0) is 19.1 Å². The molecule has 224 valence electrons.